The lowest BCUT2D eigenvalue weighted by molar-refractivity contribution is -0.125. The molecule has 130 valence electrons. The summed E-state index contributed by atoms with van der Waals surface area (Å²) in [4.78, 5) is 14.7. The number of nitrogens with zero attached hydrogens (tertiary/aromatic N) is 1. The predicted molar refractivity (Wildman–Crippen MR) is 104 cm³/mol. The summed E-state index contributed by atoms with van der Waals surface area (Å²) in [5.41, 5.74) is 5.37. The highest BCUT2D eigenvalue weighted by Gasteiger charge is 2.31. The number of hydrogen-bond acceptors (Lipinski definition) is 2. The SMILES string of the molecule is Cc1ccc2c(c1)OC(C)C(=O)N2Cc1ccccc1-c1ccccc1. The van der Waals surface area contributed by atoms with Gasteiger partial charge in [0.2, 0.25) is 0 Å². The minimum absolute atomic E-state index is 0.00998. The number of benzene rings is 3. The molecule has 0 aromatic heterocycles. The molecule has 3 heteroatoms. The molecule has 26 heavy (non-hydrogen) atoms. The summed E-state index contributed by atoms with van der Waals surface area (Å²) in [6, 6.07) is 24.5. The average Bonchev–Trinajstić information content (AvgIpc) is 2.66. The van der Waals surface area contributed by atoms with Crippen LogP contribution in [-0.2, 0) is 11.3 Å². The molecule has 1 unspecified atom stereocenters. The summed E-state index contributed by atoms with van der Waals surface area (Å²) < 4.78 is 5.82. The Morgan fingerprint density at radius 3 is 2.50 bits per heavy atom. The molecule has 0 saturated carbocycles. The van der Waals surface area contributed by atoms with Gasteiger partial charge in [-0.1, -0.05) is 60.7 Å². The first kappa shape index (κ1) is 16.4. The van der Waals surface area contributed by atoms with Crippen LogP contribution in [0.2, 0.25) is 0 Å². The second-order valence-corrected chi connectivity index (χ2v) is 6.68. The third-order valence-corrected chi connectivity index (χ3v) is 4.75. The first-order chi connectivity index (χ1) is 12.6. The molecule has 0 N–H and O–H groups in total. The van der Waals surface area contributed by atoms with Crippen LogP contribution in [0.5, 0.6) is 5.75 Å². The van der Waals surface area contributed by atoms with E-state index in [1.165, 1.54) is 0 Å². The third-order valence-electron chi connectivity index (χ3n) is 4.75. The fraction of sp³-hybridized carbons (Fsp3) is 0.174. The molecule has 1 atom stereocenters. The van der Waals surface area contributed by atoms with Gasteiger partial charge in [0.1, 0.15) is 5.75 Å². The van der Waals surface area contributed by atoms with Crippen LogP contribution >= 0.6 is 0 Å². The second-order valence-electron chi connectivity index (χ2n) is 6.68. The Morgan fingerprint density at radius 1 is 0.962 bits per heavy atom. The number of anilines is 1. The molecule has 1 aliphatic heterocycles. The predicted octanol–water partition coefficient (Wildman–Crippen LogP) is 4.98. The topological polar surface area (TPSA) is 29.5 Å². The maximum absolute atomic E-state index is 12.8. The summed E-state index contributed by atoms with van der Waals surface area (Å²) in [6.45, 7) is 4.36. The van der Waals surface area contributed by atoms with Crippen LogP contribution in [-0.4, -0.2) is 12.0 Å². The van der Waals surface area contributed by atoms with Gasteiger partial charge in [0.25, 0.3) is 5.91 Å². The van der Waals surface area contributed by atoms with Crippen molar-refractivity contribution < 1.29 is 9.53 Å². The highest BCUT2D eigenvalue weighted by atomic mass is 16.5. The van der Waals surface area contributed by atoms with Crippen molar-refractivity contribution in [2.75, 3.05) is 4.90 Å². The highest BCUT2D eigenvalue weighted by Crippen LogP contribution is 2.36. The zero-order valence-electron chi connectivity index (χ0n) is 15.0. The van der Waals surface area contributed by atoms with Gasteiger partial charge in [0.15, 0.2) is 6.10 Å². The Labute approximate surface area is 153 Å². The van der Waals surface area contributed by atoms with E-state index in [-0.39, 0.29) is 5.91 Å². The number of ether oxygens (including phenoxy) is 1. The summed E-state index contributed by atoms with van der Waals surface area (Å²) in [7, 11) is 0. The average molecular weight is 343 g/mol. The van der Waals surface area contributed by atoms with Gasteiger partial charge in [0, 0.05) is 0 Å². The van der Waals surface area contributed by atoms with E-state index in [0.717, 1.165) is 33.7 Å². The summed E-state index contributed by atoms with van der Waals surface area (Å²) in [5.74, 6) is 0.763. The maximum Gasteiger partial charge on any atom is 0.268 e. The Balaban J connectivity index is 1.75. The molecular weight excluding hydrogens is 322 g/mol. The van der Waals surface area contributed by atoms with E-state index in [0.29, 0.717) is 6.54 Å². The van der Waals surface area contributed by atoms with Gasteiger partial charge in [-0.05, 0) is 48.2 Å². The van der Waals surface area contributed by atoms with Crippen LogP contribution in [0.15, 0.2) is 72.8 Å². The zero-order valence-corrected chi connectivity index (χ0v) is 15.0. The van der Waals surface area contributed by atoms with Gasteiger partial charge >= 0.3 is 0 Å². The molecule has 0 saturated heterocycles. The molecular formula is C23H21NO2. The fourth-order valence-electron chi connectivity index (χ4n) is 3.41. The van der Waals surface area contributed by atoms with E-state index in [2.05, 4.69) is 24.3 Å². The Bertz CT molecular complexity index is 949. The minimum atomic E-state index is -0.479. The molecule has 1 amide bonds. The standard InChI is InChI=1S/C23H21NO2/c1-16-12-13-21-22(14-16)26-17(2)23(25)24(21)15-19-10-6-7-11-20(19)18-8-4-3-5-9-18/h3-14,17H,15H2,1-2H3. The van der Waals surface area contributed by atoms with Crippen LogP contribution in [0, 0.1) is 6.92 Å². The van der Waals surface area contributed by atoms with Gasteiger partial charge in [-0.25, -0.2) is 0 Å². The van der Waals surface area contributed by atoms with Crippen LogP contribution in [0.4, 0.5) is 5.69 Å². The Hall–Kier alpha value is -3.07. The number of carbonyl (C=O) groups is 1. The van der Waals surface area contributed by atoms with Crippen molar-refractivity contribution in [1.29, 1.82) is 0 Å². The number of rotatable bonds is 3. The van der Waals surface area contributed by atoms with Gasteiger partial charge in [-0.2, -0.15) is 0 Å². The van der Waals surface area contributed by atoms with E-state index in [1.807, 2.05) is 67.3 Å². The lowest BCUT2D eigenvalue weighted by Crippen LogP contribution is -2.44. The van der Waals surface area contributed by atoms with Crippen LogP contribution in [0.25, 0.3) is 11.1 Å². The smallest absolute Gasteiger partial charge is 0.268 e. The molecule has 0 spiro atoms. The molecule has 4 rings (SSSR count). The Morgan fingerprint density at radius 2 is 1.69 bits per heavy atom. The highest BCUT2D eigenvalue weighted by molar-refractivity contribution is 6.00. The maximum atomic E-state index is 12.8. The van der Waals surface area contributed by atoms with Crippen molar-refractivity contribution in [2.45, 2.75) is 26.5 Å². The number of hydrogen-bond donors (Lipinski definition) is 0. The number of fused-ring (bicyclic) bond motifs is 1. The fourth-order valence-corrected chi connectivity index (χ4v) is 3.41. The molecule has 0 aliphatic carbocycles. The van der Waals surface area contributed by atoms with E-state index < -0.39 is 6.10 Å². The van der Waals surface area contributed by atoms with Crippen molar-refractivity contribution in [3.8, 4) is 16.9 Å². The van der Waals surface area contributed by atoms with Crippen molar-refractivity contribution in [3.63, 3.8) is 0 Å². The van der Waals surface area contributed by atoms with Gasteiger partial charge in [-0.15, -0.1) is 0 Å². The molecule has 0 bridgehead atoms. The first-order valence-corrected chi connectivity index (χ1v) is 8.85. The van der Waals surface area contributed by atoms with E-state index >= 15 is 0 Å². The van der Waals surface area contributed by atoms with Crippen molar-refractivity contribution >= 4 is 11.6 Å². The quantitative estimate of drug-likeness (QED) is 0.671. The molecule has 1 aliphatic rings. The largest absolute Gasteiger partial charge is 0.479 e. The monoisotopic (exact) mass is 343 g/mol. The van der Waals surface area contributed by atoms with Gasteiger partial charge in [-0.3, -0.25) is 4.79 Å². The molecule has 0 fully saturated rings. The number of carbonyl (C=O) groups excluding carboxylic acids is 1. The van der Waals surface area contributed by atoms with E-state index in [1.54, 1.807) is 0 Å². The second kappa shape index (κ2) is 6.68. The van der Waals surface area contributed by atoms with Crippen molar-refractivity contribution in [3.05, 3.63) is 83.9 Å². The molecule has 3 nitrogen and oxygen atoms in total. The third kappa shape index (κ3) is 2.97. The lowest BCUT2D eigenvalue weighted by atomic mass is 9.99. The first-order valence-electron chi connectivity index (χ1n) is 8.85. The van der Waals surface area contributed by atoms with Crippen molar-refractivity contribution in [2.24, 2.45) is 0 Å². The number of aryl methyl sites for hydroxylation is 1. The van der Waals surface area contributed by atoms with E-state index in [4.69, 9.17) is 4.74 Å². The summed E-state index contributed by atoms with van der Waals surface area (Å²) in [5, 5.41) is 0. The summed E-state index contributed by atoms with van der Waals surface area (Å²) in [6.07, 6.45) is -0.479. The molecule has 1 heterocycles. The lowest BCUT2D eigenvalue weighted by Gasteiger charge is -2.33. The van der Waals surface area contributed by atoms with Crippen LogP contribution < -0.4 is 9.64 Å². The van der Waals surface area contributed by atoms with Crippen LogP contribution in [0.1, 0.15) is 18.1 Å². The normalized spacial score (nSPS) is 16.2. The van der Waals surface area contributed by atoms with Gasteiger partial charge in [0.05, 0.1) is 12.2 Å². The number of amides is 1. The molecule has 3 aromatic rings. The van der Waals surface area contributed by atoms with Gasteiger partial charge < -0.3 is 9.64 Å². The molecule has 3 aromatic carbocycles. The molecule has 0 radical (unpaired) electrons. The Kier molecular flexibility index (Phi) is 4.21. The van der Waals surface area contributed by atoms with Crippen molar-refractivity contribution in [1.82, 2.24) is 0 Å². The minimum Gasteiger partial charge on any atom is -0.479 e. The zero-order chi connectivity index (χ0) is 18.1. The summed E-state index contributed by atoms with van der Waals surface area (Å²) >= 11 is 0. The van der Waals surface area contributed by atoms with E-state index in [9.17, 15) is 4.79 Å². The van der Waals surface area contributed by atoms with Crippen LogP contribution in [0.3, 0.4) is 0 Å².